The van der Waals surface area contributed by atoms with Crippen molar-refractivity contribution in [2.75, 3.05) is 12.0 Å². The largest absolute Gasteiger partial charge is 0.488 e. The lowest BCUT2D eigenvalue weighted by Crippen LogP contribution is -2.42. The van der Waals surface area contributed by atoms with Crippen LogP contribution >= 0.6 is 11.6 Å². The lowest BCUT2D eigenvalue weighted by Gasteiger charge is -2.28. The van der Waals surface area contributed by atoms with E-state index in [4.69, 9.17) is 16.3 Å². The summed E-state index contributed by atoms with van der Waals surface area (Å²) in [5.41, 5.74) is 2.75. The summed E-state index contributed by atoms with van der Waals surface area (Å²) in [4.78, 5) is 11.2. The zero-order chi connectivity index (χ0) is 23.9. The standard InChI is InChI=1S/C26H27ClFN5O/c1-18(2)34-24-13-12-22(14-23(24)28)31-26-32-25(29-15-19-6-4-3-5-7-19)30-17-33(26)16-20-8-10-21(27)11-9-20/h3-14,18H,15-17H2,1-2H3,(H2,29,30,31,32). The van der Waals surface area contributed by atoms with Gasteiger partial charge in [0.05, 0.1) is 6.10 Å². The second kappa shape index (κ2) is 11.0. The number of halogens is 2. The fourth-order valence-electron chi connectivity index (χ4n) is 3.40. The van der Waals surface area contributed by atoms with E-state index in [9.17, 15) is 4.39 Å². The Bertz CT molecular complexity index is 1170. The average Bonchev–Trinajstić information content (AvgIpc) is 2.83. The number of guanidine groups is 2. The molecule has 6 nitrogen and oxygen atoms in total. The first-order valence-electron chi connectivity index (χ1n) is 11.1. The second-order valence-corrected chi connectivity index (χ2v) is 8.60. The van der Waals surface area contributed by atoms with Crippen molar-refractivity contribution in [3.8, 4) is 5.75 Å². The van der Waals surface area contributed by atoms with Crippen molar-refractivity contribution in [1.82, 2.24) is 10.2 Å². The summed E-state index contributed by atoms with van der Waals surface area (Å²) in [7, 11) is 0. The maximum Gasteiger partial charge on any atom is 0.223 e. The highest BCUT2D eigenvalue weighted by Gasteiger charge is 2.19. The van der Waals surface area contributed by atoms with E-state index in [1.54, 1.807) is 12.1 Å². The molecule has 3 aromatic carbocycles. The van der Waals surface area contributed by atoms with Crippen LogP contribution in [0.15, 0.2) is 82.8 Å². The number of anilines is 1. The molecule has 0 spiro atoms. The van der Waals surface area contributed by atoms with Crippen LogP contribution in [0.25, 0.3) is 0 Å². The van der Waals surface area contributed by atoms with E-state index in [0.29, 0.717) is 42.4 Å². The number of rotatable bonds is 7. The molecular formula is C26H27ClFN5O. The molecule has 3 aromatic rings. The summed E-state index contributed by atoms with van der Waals surface area (Å²) in [5.74, 6) is 0.864. The first kappa shape index (κ1) is 23.6. The van der Waals surface area contributed by atoms with Crippen molar-refractivity contribution in [3.05, 3.63) is 94.8 Å². The Morgan fingerprint density at radius 2 is 1.79 bits per heavy atom. The first-order chi connectivity index (χ1) is 16.5. The molecule has 0 aliphatic carbocycles. The van der Waals surface area contributed by atoms with Gasteiger partial charge < -0.3 is 20.3 Å². The van der Waals surface area contributed by atoms with E-state index in [0.717, 1.165) is 11.1 Å². The molecule has 0 unspecified atom stereocenters. The van der Waals surface area contributed by atoms with E-state index in [1.165, 1.54) is 6.07 Å². The lowest BCUT2D eigenvalue weighted by atomic mass is 10.2. The van der Waals surface area contributed by atoms with Gasteiger partial charge in [-0.3, -0.25) is 0 Å². The molecule has 34 heavy (non-hydrogen) atoms. The van der Waals surface area contributed by atoms with Crippen LogP contribution in [0, 0.1) is 5.82 Å². The van der Waals surface area contributed by atoms with E-state index < -0.39 is 5.82 Å². The zero-order valence-corrected chi connectivity index (χ0v) is 19.9. The highest BCUT2D eigenvalue weighted by molar-refractivity contribution is 6.30. The van der Waals surface area contributed by atoms with Crippen LogP contribution < -0.4 is 15.4 Å². The molecule has 176 valence electrons. The third kappa shape index (κ3) is 6.48. The van der Waals surface area contributed by atoms with E-state index >= 15 is 0 Å². The third-order valence-electron chi connectivity index (χ3n) is 5.03. The van der Waals surface area contributed by atoms with Crippen LogP contribution in [0.3, 0.4) is 0 Å². The van der Waals surface area contributed by atoms with Gasteiger partial charge >= 0.3 is 0 Å². The minimum atomic E-state index is -0.435. The van der Waals surface area contributed by atoms with E-state index in [-0.39, 0.29) is 11.9 Å². The first-order valence-corrected chi connectivity index (χ1v) is 11.5. The molecule has 1 aliphatic rings. The molecule has 0 bridgehead atoms. The molecule has 0 radical (unpaired) electrons. The van der Waals surface area contributed by atoms with Gasteiger partial charge in [0.25, 0.3) is 0 Å². The Kier molecular flexibility index (Phi) is 7.65. The van der Waals surface area contributed by atoms with Crippen LogP contribution in [0.2, 0.25) is 5.02 Å². The number of ether oxygens (including phenoxy) is 1. The van der Waals surface area contributed by atoms with Gasteiger partial charge in [0, 0.05) is 29.9 Å². The predicted octanol–water partition coefficient (Wildman–Crippen LogP) is 5.65. The Morgan fingerprint density at radius 3 is 2.50 bits per heavy atom. The molecular weight excluding hydrogens is 453 g/mol. The molecule has 4 rings (SSSR count). The van der Waals surface area contributed by atoms with Crippen molar-refractivity contribution < 1.29 is 9.13 Å². The van der Waals surface area contributed by atoms with Crippen molar-refractivity contribution in [2.45, 2.75) is 33.0 Å². The van der Waals surface area contributed by atoms with Crippen LogP contribution in [0.1, 0.15) is 25.0 Å². The molecule has 0 amide bonds. The number of hydrogen-bond donors (Lipinski definition) is 2. The molecule has 8 heteroatoms. The van der Waals surface area contributed by atoms with Gasteiger partial charge in [-0.25, -0.2) is 9.38 Å². The summed E-state index contributed by atoms with van der Waals surface area (Å²) in [6, 6.07) is 22.5. The number of nitrogens with zero attached hydrogens (tertiary/aromatic N) is 3. The van der Waals surface area contributed by atoms with Crippen molar-refractivity contribution in [1.29, 1.82) is 0 Å². The van der Waals surface area contributed by atoms with Gasteiger partial charge in [0.2, 0.25) is 11.9 Å². The Labute approximate surface area is 204 Å². The number of nitrogens with one attached hydrogen (secondary N) is 2. The van der Waals surface area contributed by atoms with Gasteiger partial charge in [-0.15, -0.1) is 0 Å². The summed E-state index contributed by atoms with van der Waals surface area (Å²) < 4.78 is 20.1. The van der Waals surface area contributed by atoms with Gasteiger partial charge in [-0.1, -0.05) is 54.1 Å². The normalized spacial score (nSPS) is 13.4. The monoisotopic (exact) mass is 479 g/mol. The summed E-state index contributed by atoms with van der Waals surface area (Å²) in [6.45, 7) is 5.28. The number of benzene rings is 3. The Hall–Kier alpha value is -3.58. The number of hydrogen-bond acceptors (Lipinski definition) is 6. The fourth-order valence-corrected chi connectivity index (χ4v) is 3.52. The molecule has 2 N–H and O–H groups in total. The third-order valence-corrected chi connectivity index (χ3v) is 5.29. The van der Waals surface area contributed by atoms with Crippen molar-refractivity contribution in [2.24, 2.45) is 9.98 Å². The minimum absolute atomic E-state index is 0.111. The number of aliphatic imine (C=N–C) groups is 2. The zero-order valence-electron chi connectivity index (χ0n) is 19.1. The topological polar surface area (TPSA) is 61.2 Å². The minimum Gasteiger partial charge on any atom is -0.488 e. The van der Waals surface area contributed by atoms with E-state index in [1.807, 2.05) is 73.3 Å². The Morgan fingerprint density at radius 1 is 1.03 bits per heavy atom. The van der Waals surface area contributed by atoms with Crippen LogP contribution in [-0.4, -0.2) is 29.6 Å². The maximum atomic E-state index is 14.6. The van der Waals surface area contributed by atoms with Gasteiger partial charge in [-0.2, -0.15) is 4.99 Å². The quantitative estimate of drug-likeness (QED) is 0.459. The molecule has 0 saturated heterocycles. The summed E-state index contributed by atoms with van der Waals surface area (Å²) in [6.07, 6.45) is -0.111. The van der Waals surface area contributed by atoms with Gasteiger partial charge in [0.15, 0.2) is 11.6 Å². The molecule has 0 aromatic heterocycles. The predicted molar refractivity (Wildman–Crippen MR) is 136 cm³/mol. The fraction of sp³-hybridized carbons (Fsp3) is 0.231. The van der Waals surface area contributed by atoms with E-state index in [2.05, 4.69) is 20.6 Å². The molecule has 1 heterocycles. The van der Waals surface area contributed by atoms with Gasteiger partial charge in [0.1, 0.15) is 6.67 Å². The van der Waals surface area contributed by atoms with Crippen molar-refractivity contribution >= 4 is 29.2 Å². The molecule has 1 aliphatic heterocycles. The molecule has 0 fully saturated rings. The average molecular weight is 480 g/mol. The lowest BCUT2D eigenvalue weighted by molar-refractivity contribution is 0.231. The van der Waals surface area contributed by atoms with Crippen LogP contribution in [0.4, 0.5) is 10.1 Å². The highest BCUT2D eigenvalue weighted by atomic mass is 35.5. The molecule has 0 saturated carbocycles. The Balaban J connectivity index is 1.53. The maximum absolute atomic E-state index is 14.6. The summed E-state index contributed by atoms with van der Waals surface area (Å²) in [5, 5.41) is 7.20. The SMILES string of the molecule is CC(C)Oc1ccc(NC2=NC(NCc3ccccc3)=NCN2Cc2ccc(Cl)cc2)cc1F. The second-order valence-electron chi connectivity index (χ2n) is 8.16. The summed E-state index contributed by atoms with van der Waals surface area (Å²) >= 11 is 6.03. The van der Waals surface area contributed by atoms with Crippen LogP contribution in [0.5, 0.6) is 5.75 Å². The van der Waals surface area contributed by atoms with Crippen molar-refractivity contribution in [3.63, 3.8) is 0 Å². The highest BCUT2D eigenvalue weighted by Crippen LogP contribution is 2.23. The van der Waals surface area contributed by atoms with Crippen LogP contribution in [-0.2, 0) is 13.1 Å². The van der Waals surface area contributed by atoms with Gasteiger partial charge in [-0.05, 0) is 49.2 Å². The smallest absolute Gasteiger partial charge is 0.223 e. The molecule has 0 atom stereocenters.